The summed E-state index contributed by atoms with van der Waals surface area (Å²) in [5.74, 6) is -0.275. The number of carbonyl (C=O) groups excluding carboxylic acids is 1. The largest absolute Gasteiger partial charge is 0.341 e. The van der Waals surface area contributed by atoms with Crippen molar-refractivity contribution in [3.8, 4) is 0 Å². The Morgan fingerprint density at radius 3 is 2.06 bits per heavy atom. The maximum atomic E-state index is 11.6. The molecule has 0 fully saturated rings. The van der Waals surface area contributed by atoms with Crippen LogP contribution in [0, 0.1) is 0 Å². The molecule has 0 aromatic heterocycles. The summed E-state index contributed by atoms with van der Waals surface area (Å²) in [5.41, 5.74) is 16.2. The smallest absolute Gasteiger partial charge is 0.240 e. The van der Waals surface area contributed by atoms with Gasteiger partial charge in [0, 0.05) is 36.0 Å². The second-order valence-electron chi connectivity index (χ2n) is 2.85. The van der Waals surface area contributed by atoms with E-state index >= 15 is 0 Å². The average Bonchev–Trinajstić information content (AvgIpc) is 2.26. The predicted molar refractivity (Wildman–Crippen MR) is 59.9 cm³/mol. The molecule has 0 rings (SSSR count). The lowest BCUT2D eigenvalue weighted by Crippen LogP contribution is -2.39. The van der Waals surface area contributed by atoms with E-state index in [0.29, 0.717) is 0 Å². The van der Waals surface area contributed by atoms with Crippen LogP contribution in [0.4, 0.5) is 0 Å². The van der Waals surface area contributed by atoms with E-state index in [1.54, 1.807) is 6.92 Å². The second kappa shape index (κ2) is 8.67. The van der Waals surface area contributed by atoms with Gasteiger partial charge >= 0.3 is 0 Å². The highest BCUT2D eigenvalue weighted by molar-refractivity contribution is 6.30. The fourth-order valence-corrected chi connectivity index (χ4v) is 1.14. The molecule has 1 amide bonds. The van der Waals surface area contributed by atoms with E-state index in [1.165, 1.54) is 4.90 Å². The molecule has 1 atom stereocenters. The molecule has 0 aromatic rings. The van der Waals surface area contributed by atoms with E-state index in [4.69, 9.17) is 22.7 Å². The maximum Gasteiger partial charge on any atom is 0.240 e. The van der Waals surface area contributed by atoms with Crippen LogP contribution in [0.3, 0.4) is 0 Å². The van der Waals surface area contributed by atoms with Gasteiger partial charge < -0.3 is 4.90 Å². The van der Waals surface area contributed by atoms with Crippen LogP contribution in [-0.4, -0.2) is 42.4 Å². The second-order valence-corrected chi connectivity index (χ2v) is 3.50. The lowest BCUT2D eigenvalue weighted by atomic mass is 10.3. The average molecular weight is 246 g/mol. The van der Waals surface area contributed by atoms with Crippen molar-refractivity contribution in [2.45, 2.75) is 12.3 Å². The first-order chi connectivity index (χ1) is 7.63. The van der Waals surface area contributed by atoms with Gasteiger partial charge in [-0.3, -0.25) is 4.79 Å². The van der Waals surface area contributed by atoms with Crippen molar-refractivity contribution in [1.29, 1.82) is 0 Å². The molecule has 9 heteroatoms. The summed E-state index contributed by atoms with van der Waals surface area (Å²) in [6.07, 6.45) is 0. The molecule has 0 aromatic carbocycles. The third-order valence-electron chi connectivity index (χ3n) is 1.72. The van der Waals surface area contributed by atoms with Crippen molar-refractivity contribution < 1.29 is 4.79 Å². The number of alkyl halides is 1. The molecule has 16 heavy (non-hydrogen) atoms. The van der Waals surface area contributed by atoms with E-state index < -0.39 is 5.38 Å². The SMILES string of the molecule is CC(Cl)C(=O)N(CCN=[N+]=[N-])CCN=[N+]=[N-]. The van der Waals surface area contributed by atoms with Crippen molar-refractivity contribution in [2.24, 2.45) is 10.2 Å². The third-order valence-corrected chi connectivity index (χ3v) is 1.90. The standard InChI is InChI=1S/C7H12ClN7O/c1-6(8)7(16)15(4-2-11-13-9)5-3-12-14-10/h6H,2-5H2,1H3. The molecule has 0 heterocycles. The van der Waals surface area contributed by atoms with Crippen LogP contribution < -0.4 is 0 Å². The van der Waals surface area contributed by atoms with E-state index in [2.05, 4.69) is 20.1 Å². The molecule has 0 saturated carbocycles. The number of amides is 1. The summed E-state index contributed by atoms with van der Waals surface area (Å²) in [6.45, 7) is 2.42. The van der Waals surface area contributed by atoms with Gasteiger partial charge in [0.05, 0.1) is 0 Å². The molecule has 0 aliphatic carbocycles. The van der Waals surface area contributed by atoms with Crippen molar-refractivity contribution in [3.05, 3.63) is 20.9 Å². The van der Waals surface area contributed by atoms with Crippen LogP contribution >= 0.6 is 11.6 Å². The number of carbonyl (C=O) groups is 1. The Balaban J connectivity index is 4.30. The molecule has 0 aliphatic rings. The Morgan fingerprint density at radius 1 is 1.31 bits per heavy atom. The topological polar surface area (TPSA) is 118 Å². The van der Waals surface area contributed by atoms with Crippen molar-refractivity contribution in [3.63, 3.8) is 0 Å². The van der Waals surface area contributed by atoms with Gasteiger partial charge in [0.25, 0.3) is 0 Å². The van der Waals surface area contributed by atoms with Gasteiger partial charge in [-0.25, -0.2) is 0 Å². The highest BCUT2D eigenvalue weighted by Gasteiger charge is 2.17. The van der Waals surface area contributed by atoms with Gasteiger partial charge in [0.15, 0.2) is 0 Å². The van der Waals surface area contributed by atoms with E-state index in [0.717, 1.165) is 0 Å². The monoisotopic (exact) mass is 245 g/mol. The molecular weight excluding hydrogens is 234 g/mol. The fourth-order valence-electron chi connectivity index (χ4n) is 1.00. The first-order valence-electron chi connectivity index (χ1n) is 4.58. The Labute approximate surface area is 97.4 Å². The minimum absolute atomic E-state index is 0.169. The molecule has 0 bridgehead atoms. The lowest BCUT2D eigenvalue weighted by Gasteiger charge is -2.22. The quantitative estimate of drug-likeness (QED) is 0.290. The van der Waals surface area contributed by atoms with Gasteiger partial charge in [0.2, 0.25) is 5.91 Å². The fraction of sp³-hybridized carbons (Fsp3) is 0.857. The number of rotatable bonds is 7. The molecule has 88 valence electrons. The zero-order chi connectivity index (χ0) is 12.4. The first-order valence-corrected chi connectivity index (χ1v) is 5.01. The van der Waals surface area contributed by atoms with Gasteiger partial charge in [0.1, 0.15) is 5.38 Å². The van der Waals surface area contributed by atoms with Crippen molar-refractivity contribution in [2.75, 3.05) is 26.2 Å². The molecular formula is C7H12ClN7O. The zero-order valence-electron chi connectivity index (χ0n) is 8.82. The molecule has 1 unspecified atom stereocenters. The van der Waals surface area contributed by atoms with Crippen molar-refractivity contribution >= 4 is 17.5 Å². The molecule has 0 aliphatic heterocycles. The zero-order valence-corrected chi connectivity index (χ0v) is 9.58. The summed E-state index contributed by atoms with van der Waals surface area (Å²) in [6, 6.07) is 0. The molecule has 0 spiro atoms. The van der Waals surface area contributed by atoms with E-state index in [9.17, 15) is 4.79 Å². The summed E-state index contributed by atoms with van der Waals surface area (Å²) in [5, 5.41) is 5.99. The summed E-state index contributed by atoms with van der Waals surface area (Å²) in [4.78, 5) is 18.1. The Hall–Kier alpha value is -1.62. The van der Waals surface area contributed by atoms with Gasteiger partial charge in [-0.2, -0.15) is 0 Å². The Bertz CT molecular complexity index is 297. The van der Waals surface area contributed by atoms with Gasteiger partial charge in [-0.1, -0.05) is 10.2 Å². The molecule has 0 radical (unpaired) electrons. The van der Waals surface area contributed by atoms with Crippen LogP contribution in [-0.2, 0) is 4.79 Å². The summed E-state index contributed by atoms with van der Waals surface area (Å²) in [7, 11) is 0. The Morgan fingerprint density at radius 2 is 1.75 bits per heavy atom. The minimum atomic E-state index is -0.655. The summed E-state index contributed by atoms with van der Waals surface area (Å²) >= 11 is 5.65. The Kier molecular flexibility index (Phi) is 7.79. The number of hydrogen-bond donors (Lipinski definition) is 0. The van der Waals surface area contributed by atoms with E-state index in [-0.39, 0.29) is 32.1 Å². The first kappa shape index (κ1) is 14.4. The number of nitrogens with zero attached hydrogens (tertiary/aromatic N) is 7. The molecule has 0 N–H and O–H groups in total. The number of azide groups is 2. The number of halogens is 1. The molecule has 0 saturated heterocycles. The van der Waals surface area contributed by atoms with Crippen LogP contribution in [0.15, 0.2) is 10.2 Å². The summed E-state index contributed by atoms with van der Waals surface area (Å²) < 4.78 is 0. The minimum Gasteiger partial charge on any atom is -0.341 e. The highest BCUT2D eigenvalue weighted by Crippen LogP contribution is 2.01. The maximum absolute atomic E-state index is 11.6. The third kappa shape index (κ3) is 5.98. The van der Waals surface area contributed by atoms with Gasteiger partial charge in [-0.05, 0) is 18.0 Å². The van der Waals surface area contributed by atoms with Crippen molar-refractivity contribution in [1.82, 2.24) is 4.90 Å². The van der Waals surface area contributed by atoms with Crippen LogP contribution in [0.5, 0.6) is 0 Å². The number of hydrogen-bond acceptors (Lipinski definition) is 3. The van der Waals surface area contributed by atoms with E-state index in [1.807, 2.05) is 0 Å². The van der Waals surface area contributed by atoms with Crippen LogP contribution in [0.25, 0.3) is 20.9 Å². The molecule has 8 nitrogen and oxygen atoms in total. The normalized spacial score (nSPS) is 10.9. The predicted octanol–water partition coefficient (Wildman–Crippen LogP) is 2.06. The van der Waals surface area contributed by atoms with Crippen LogP contribution in [0.1, 0.15) is 6.92 Å². The van der Waals surface area contributed by atoms with Gasteiger partial charge in [-0.15, -0.1) is 11.6 Å². The van der Waals surface area contributed by atoms with Crippen LogP contribution in [0.2, 0.25) is 0 Å². The lowest BCUT2D eigenvalue weighted by molar-refractivity contribution is -0.130. The highest BCUT2D eigenvalue weighted by atomic mass is 35.5.